The fourth-order valence-electron chi connectivity index (χ4n) is 4.49. The van der Waals surface area contributed by atoms with E-state index in [1.165, 1.54) is 38.5 Å². The second-order valence-corrected chi connectivity index (χ2v) is 8.97. The molecule has 2 N–H and O–H groups in total. The summed E-state index contributed by atoms with van der Waals surface area (Å²) in [6.45, 7) is 11.6. The van der Waals surface area contributed by atoms with Crippen molar-refractivity contribution < 1.29 is 4.74 Å². The number of hydrogen-bond acceptors (Lipinski definition) is 5. The SMILES string of the molecule is CCCCNC(=NCc1nnc(C)n1C)NCC1(CN2CCOCC2)CCCCC1. The van der Waals surface area contributed by atoms with E-state index in [4.69, 9.17) is 9.73 Å². The average molecular weight is 420 g/mol. The van der Waals surface area contributed by atoms with Crippen molar-refractivity contribution in [1.29, 1.82) is 0 Å². The van der Waals surface area contributed by atoms with Crippen LogP contribution in [0.1, 0.15) is 63.5 Å². The molecule has 1 aromatic rings. The van der Waals surface area contributed by atoms with Crippen molar-refractivity contribution >= 4 is 5.96 Å². The molecular weight excluding hydrogens is 378 g/mol. The Morgan fingerprint density at radius 3 is 2.57 bits per heavy atom. The minimum absolute atomic E-state index is 0.324. The zero-order valence-electron chi connectivity index (χ0n) is 19.3. The first-order valence-electron chi connectivity index (χ1n) is 11.8. The van der Waals surface area contributed by atoms with Crippen molar-refractivity contribution in [2.24, 2.45) is 17.5 Å². The number of nitrogens with zero attached hydrogens (tertiary/aromatic N) is 5. The summed E-state index contributed by atoms with van der Waals surface area (Å²) in [4.78, 5) is 7.44. The van der Waals surface area contributed by atoms with Gasteiger partial charge in [0.25, 0.3) is 0 Å². The van der Waals surface area contributed by atoms with Crippen LogP contribution in [-0.2, 0) is 18.3 Å². The molecule has 2 aliphatic rings. The molecule has 1 aliphatic carbocycles. The Labute approximate surface area is 181 Å². The Balaban J connectivity index is 1.64. The average Bonchev–Trinajstić information content (AvgIpc) is 3.09. The highest BCUT2D eigenvalue weighted by Gasteiger charge is 2.34. The zero-order valence-corrected chi connectivity index (χ0v) is 19.3. The third-order valence-corrected chi connectivity index (χ3v) is 6.59. The van der Waals surface area contributed by atoms with Gasteiger partial charge in [-0.05, 0) is 26.2 Å². The number of aromatic nitrogens is 3. The number of aryl methyl sites for hydroxylation is 1. The number of morpholine rings is 1. The van der Waals surface area contributed by atoms with Crippen molar-refractivity contribution in [2.75, 3.05) is 45.9 Å². The van der Waals surface area contributed by atoms with E-state index >= 15 is 0 Å². The molecule has 0 radical (unpaired) electrons. The van der Waals surface area contributed by atoms with Gasteiger partial charge in [-0.15, -0.1) is 10.2 Å². The molecule has 2 fully saturated rings. The Hall–Kier alpha value is -1.67. The van der Waals surface area contributed by atoms with Gasteiger partial charge in [-0.25, -0.2) is 4.99 Å². The normalized spacial score (nSPS) is 20.3. The lowest BCUT2D eigenvalue weighted by atomic mass is 9.73. The van der Waals surface area contributed by atoms with Gasteiger partial charge in [0, 0.05) is 45.2 Å². The number of guanidine groups is 1. The highest BCUT2D eigenvalue weighted by molar-refractivity contribution is 5.79. The van der Waals surface area contributed by atoms with Gasteiger partial charge in [-0.2, -0.15) is 0 Å². The number of nitrogens with one attached hydrogen (secondary N) is 2. The van der Waals surface area contributed by atoms with Crippen molar-refractivity contribution in [3.05, 3.63) is 11.6 Å². The molecule has 8 heteroatoms. The zero-order chi connectivity index (χ0) is 21.2. The summed E-state index contributed by atoms with van der Waals surface area (Å²) >= 11 is 0. The summed E-state index contributed by atoms with van der Waals surface area (Å²) in [6.07, 6.45) is 8.93. The maximum atomic E-state index is 5.56. The summed E-state index contributed by atoms with van der Waals surface area (Å²) in [5.74, 6) is 2.71. The van der Waals surface area contributed by atoms with Gasteiger partial charge in [0.1, 0.15) is 12.4 Å². The highest BCUT2D eigenvalue weighted by Crippen LogP contribution is 2.36. The predicted molar refractivity (Wildman–Crippen MR) is 121 cm³/mol. The molecule has 0 bridgehead atoms. The molecule has 2 heterocycles. The minimum atomic E-state index is 0.324. The molecule has 30 heavy (non-hydrogen) atoms. The molecule has 170 valence electrons. The maximum absolute atomic E-state index is 5.56. The van der Waals surface area contributed by atoms with Crippen LogP contribution in [0.25, 0.3) is 0 Å². The van der Waals surface area contributed by atoms with Crippen molar-refractivity contribution in [2.45, 2.75) is 65.3 Å². The fraction of sp³-hybridized carbons (Fsp3) is 0.864. The number of hydrogen-bond donors (Lipinski definition) is 2. The molecule has 0 spiro atoms. The molecule has 8 nitrogen and oxygen atoms in total. The van der Waals surface area contributed by atoms with Crippen LogP contribution in [0, 0.1) is 12.3 Å². The van der Waals surface area contributed by atoms with E-state index in [0.717, 1.165) is 70.0 Å². The van der Waals surface area contributed by atoms with Crippen LogP contribution in [0.3, 0.4) is 0 Å². The Morgan fingerprint density at radius 1 is 1.13 bits per heavy atom. The molecule has 1 aromatic heterocycles. The fourth-order valence-corrected chi connectivity index (χ4v) is 4.49. The number of rotatable bonds is 9. The first-order valence-corrected chi connectivity index (χ1v) is 11.8. The monoisotopic (exact) mass is 419 g/mol. The van der Waals surface area contributed by atoms with Crippen molar-refractivity contribution in [3.63, 3.8) is 0 Å². The number of ether oxygens (including phenoxy) is 1. The molecule has 1 saturated heterocycles. The predicted octanol–water partition coefficient (Wildman–Crippen LogP) is 2.24. The third kappa shape index (κ3) is 6.67. The van der Waals surface area contributed by atoms with Gasteiger partial charge in [0.15, 0.2) is 11.8 Å². The van der Waals surface area contributed by atoms with Crippen LogP contribution in [0.5, 0.6) is 0 Å². The van der Waals surface area contributed by atoms with Gasteiger partial charge in [-0.3, -0.25) is 4.90 Å². The molecule has 1 aliphatic heterocycles. The molecule has 0 amide bonds. The smallest absolute Gasteiger partial charge is 0.191 e. The summed E-state index contributed by atoms with van der Waals surface area (Å²) in [7, 11) is 2.00. The van der Waals surface area contributed by atoms with Crippen LogP contribution < -0.4 is 10.6 Å². The number of unbranched alkanes of at least 4 members (excludes halogenated alkanes) is 1. The van der Waals surface area contributed by atoms with E-state index in [2.05, 4.69) is 32.7 Å². The van der Waals surface area contributed by atoms with Crippen LogP contribution in [0.15, 0.2) is 4.99 Å². The van der Waals surface area contributed by atoms with E-state index in [1.807, 2.05) is 18.5 Å². The Morgan fingerprint density at radius 2 is 1.90 bits per heavy atom. The summed E-state index contributed by atoms with van der Waals surface area (Å²) in [5, 5.41) is 15.6. The lowest BCUT2D eigenvalue weighted by Gasteiger charge is -2.42. The van der Waals surface area contributed by atoms with Crippen molar-refractivity contribution in [3.8, 4) is 0 Å². The van der Waals surface area contributed by atoms with Crippen LogP contribution >= 0.6 is 0 Å². The maximum Gasteiger partial charge on any atom is 0.191 e. The summed E-state index contributed by atoms with van der Waals surface area (Å²) in [6, 6.07) is 0. The highest BCUT2D eigenvalue weighted by atomic mass is 16.5. The molecule has 0 unspecified atom stereocenters. The van der Waals surface area contributed by atoms with Crippen molar-refractivity contribution in [1.82, 2.24) is 30.3 Å². The molecule has 0 atom stereocenters. The van der Waals surface area contributed by atoms with Gasteiger partial charge < -0.3 is 19.9 Å². The first kappa shape index (κ1) is 23.0. The topological polar surface area (TPSA) is 79.6 Å². The largest absolute Gasteiger partial charge is 0.379 e. The molecular formula is C22H41N7O. The van der Waals surface area contributed by atoms with Gasteiger partial charge in [0.2, 0.25) is 0 Å². The van der Waals surface area contributed by atoms with E-state index in [1.54, 1.807) is 0 Å². The van der Waals surface area contributed by atoms with Gasteiger partial charge in [-0.1, -0.05) is 32.6 Å². The Bertz CT molecular complexity index is 660. The second kappa shape index (κ2) is 11.6. The number of aliphatic imine (C=N–C) groups is 1. The lowest BCUT2D eigenvalue weighted by molar-refractivity contribution is 0.00820. The van der Waals surface area contributed by atoms with E-state index < -0.39 is 0 Å². The molecule has 3 rings (SSSR count). The Kier molecular flexibility index (Phi) is 8.93. The minimum Gasteiger partial charge on any atom is -0.379 e. The van der Waals surface area contributed by atoms with E-state index in [9.17, 15) is 0 Å². The lowest BCUT2D eigenvalue weighted by Crippen LogP contribution is -2.51. The third-order valence-electron chi connectivity index (χ3n) is 6.59. The molecule has 1 saturated carbocycles. The van der Waals surface area contributed by atoms with E-state index in [-0.39, 0.29) is 0 Å². The molecule has 0 aromatic carbocycles. The first-order chi connectivity index (χ1) is 14.6. The van der Waals surface area contributed by atoms with Gasteiger partial charge in [0.05, 0.1) is 13.2 Å². The quantitative estimate of drug-likeness (QED) is 0.363. The summed E-state index contributed by atoms with van der Waals surface area (Å²) < 4.78 is 7.57. The van der Waals surface area contributed by atoms with Crippen LogP contribution in [0.2, 0.25) is 0 Å². The van der Waals surface area contributed by atoms with Crippen LogP contribution in [-0.4, -0.2) is 71.6 Å². The van der Waals surface area contributed by atoms with Crippen LogP contribution in [0.4, 0.5) is 0 Å². The second-order valence-electron chi connectivity index (χ2n) is 8.97. The van der Waals surface area contributed by atoms with Gasteiger partial charge >= 0.3 is 0 Å². The van der Waals surface area contributed by atoms with E-state index in [0.29, 0.717) is 12.0 Å². The standard InChI is InChI=1S/C22H41N7O/c1-4-5-11-23-21(24-16-20-27-26-19(2)28(20)3)25-17-22(9-7-6-8-10-22)18-29-12-14-30-15-13-29/h4-18H2,1-3H3,(H2,23,24,25). The summed E-state index contributed by atoms with van der Waals surface area (Å²) in [5.41, 5.74) is 0.324.